The number of rotatable bonds is 4. The number of carbonyl (C=O) groups excluding carboxylic acids is 1. The molecule has 0 bridgehead atoms. The Bertz CT molecular complexity index is 1040. The van der Waals surface area contributed by atoms with E-state index in [1.54, 1.807) is 15.8 Å². The number of hydrogen-bond acceptors (Lipinski definition) is 5. The Morgan fingerprint density at radius 3 is 2.93 bits per heavy atom. The summed E-state index contributed by atoms with van der Waals surface area (Å²) in [5.74, 6) is 1.47. The van der Waals surface area contributed by atoms with E-state index in [0.717, 1.165) is 42.0 Å². The molecule has 7 nitrogen and oxygen atoms in total. The number of hydrogen-bond donors (Lipinski definition) is 0. The monoisotopic (exact) mass is 404 g/mol. The first-order valence-electron chi connectivity index (χ1n) is 10.3. The van der Waals surface area contributed by atoms with Crippen molar-refractivity contribution in [3.63, 3.8) is 0 Å². The highest BCUT2D eigenvalue weighted by Crippen LogP contribution is 2.31. The third kappa shape index (κ3) is 3.57. The molecule has 0 saturated carbocycles. The molecular formula is C23H24N4O3. The van der Waals surface area contributed by atoms with Crippen LogP contribution in [0.15, 0.2) is 48.9 Å². The van der Waals surface area contributed by atoms with Gasteiger partial charge in [0.25, 0.3) is 5.91 Å². The van der Waals surface area contributed by atoms with E-state index in [1.165, 1.54) is 0 Å². The maximum atomic E-state index is 13.2. The first-order valence-corrected chi connectivity index (χ1v) is 10.3. The Balaban J connectivity index is 1.38. The fourth-order valence-electron chi connectivity index (χ4n) is 4.08. The van der Waals surface area contributed by atoms with Gasteiger partial charge in [-0.05, 0) is 67.1 Å². The lowest BCUT2D eigenvalue weighted by Gasteiger charge is -2.37. The minimum absolute atomic E-state index is 0.0279. The van der Waals surface area contributed by atoms with Gasteiger partial charge in [0.05, 0.1) is 18.2 Å². The van der Waals surface area contributed by atoms with Crippen LogP contribution in [-0.4, -0.2) is 51.6 Å². The Morgan fingerprint density at radius 2 is 2.20 bits per heavy atom. The van der Waals surface area contributed by atoms with E-state index in [1.807, 2.05) is 42.7 Å². The van der Waals surface area contributed by atoms with Crippen molar-refractivity contribution in [2.45, 2.75) is 32.2 Å². The van der Waals surface area contributed by atoms with E-state index in [2.05, 4.69) is 17.0 Å². The van der Waals surface area contributed by atoms with Crippen molar-refractivity contribution >= 4 is 5.91 Å². The smallest absolute Gasteiger partial charge is 0.260 e. The number of fused-ring (bicyclic) bond motifs is 1. The number of aromatic nitrogens is 3. The summed E-state index contributed by atoms with van der Waals surface area (Å²) in [7, 11) is 0. The lowest BCUT2D eigenvalue weighted by molar-refractivity contribution is -0.00993. The number of carbonyl (C=O) groups is 1. The van der Waals surface area contributed by atoms with E-state index in [-0.39, 0.29) is 18.7 Å². The summed E-state index contributed by atoms with van der Waals surface area (Å²) in [5.41, 5.74) is 3.91. The zero-order valence-electron chi connectivity index (χ0n) is 17.0. The van der Waals surface area contributed by atoms with Crippen LogP contribution >= 0.6 is 0 Å². The van der Waals surface area contributed by atoms with Gasteiger partial charge in [0, 0.05) is 25.2 Å². The molecule has 30 heavy (non-hydrogen) atoms. The molecule has 0 N–H and O–H groups in total. The Kier molecular flexibility index (Phi) is 4.96. The highest BCUT2D eigenvalue weighted by Gasteiger charge is 2.32. The molecule has 2 aliphatic heterocycles. The summed E-state index contributed by atoms with van der Waals surface area (Å²) < 4.78 is 13.2. The van der Waals surface area contributed by atoms with Gasteiger partial charge in [-0.3, -0.25) is 9.69 Å². The maximum absolute atomic E-state index is 13.2. The van der Waals surface area contributed by atoms with Crippen molar-refractivity contribution in [3.05, 3.63) is 71.2 Å². The van der Waals surface area contributed by atoms with Crippen LogP contribution in [-0.2, 0) is 11.2 Å². The lowest BCUT2D eigenvalue weighted by atomic mass is 9.96. The number of aryl methyl sites for hydroxylation is 1. The largest absolute Gasteiger partial charge is 0.472 e. The average molecular weight is 404 g/mol. The van der Waals surface area contributed by atoms with Crippen molar-refractivity contribution in [1.82, 2.24) is 19.7 Å². The Labute approximate surface area is 175 Å². The van der Waals surface area contributed by atoms with E-state index in [9.17, 15) is 4.79 Å². The summed E-state index contributed by atoms with van der Waals surface area (Å²) in [5, 5.41) is 4.21. The predicted octanol–water partition coefficient (Wildman–Crippen LogP) is 3.14. The van der Waals surface area contributed by atoms with Crippen LogP contribution in [0, 0.1) is 6.92 Å². The first kappa shape index (κ1) is 18.8. The predicted molar refractivity (Wildman–Crippen MR) is 111 cm³/mol. The van der Waals surface area contributed by atoms with Crippen LogP contribution in [0.2, 0.25) is 0 Å². The molecule has 1 unspecified atom stereocenters. The molecule has 0 radical (unpaired) electrons. The molecule has 3 aromatic rings. The van der Waals surface area contributed by atoms with Gasteiger partial charge in [0.15, 0.2) is 12.5 Å². The molecule has 5 rings (SSSR count). The number of amides is 1. The second-order valence-electron chi connectivity index (χ2n) is 7.85. The van der Waals surface area contributed by atoms with Crippen LogP contribution in [0.3, 0.4) is 0 Å². The molecule has 4 heterocycles. The van der Waals surface area contributed by atoms with Crippen LogP contribution in [0.4, 0.5) is 0 Å². The van der Waals surface area contributed by atoms with Crippen molar-refractivity contribution < 1.29 is 14.3 Å². The van der Waals surface area contributed by atoms with Crippen LogP contribution in [0.25, 0.3) is 5.82 Å². The number of nitrogens with zero attached hydrogens (tertiary/aromatic N) is 4. The molecule has 1 amide bonds. The molecule has 0 aliphatic carbocycles. The van der Waals surface area contributed by atoms with E-state index < -0.39 is 0 Å². The fourth-order valence-corrected chi connectivity index (χ4v) is 4.08. The maximum Gasteiger partial charge on any atom is 0.260 e. The van der Waals surface area contributed by atoms with Crippen LogP contribution in [0.5, 0.6) is 5.75 Å². The van der Waals surface area contributed by atoms with Crippen molar-refractivity contribution in [2.75, 3.05) is 19.9 Å². The minimum atomic E-state index is 0.0279. The van der Waals surface area contributed by atoms with Gasteiger partial charge >= 0.3 is 0 Å². The summed E-state index contributed by atoms with van der Waals surface area (Å²) in [6.45, 7) is 3.69. The normalized spacial score (nSPS) is 18.8. The van der Waals surface area contributed by atoms with Gasteiger partial charge in [0.1, 0.15) is 5.75 Å². The topological polar surface area (TPSA) is 69.5 Å². The third-order valence-corrected chi connectivity index (χ3v) is 5.81. The SMILES string of the molecule is Cc1cc2c(cc1Cc1ccc(-n3cccn3)nc1)C(=O)N(C1CCCOC1)CO2. The van der Waals surface area contributed by atoms with E-state index in [4.69, 9.17) is 9.47 Å². The molecule has 2 aromatic heterocycles. The molecule has 1 fully saturated rings. The van der Waals surface area contributed by atoms with Gasteiger partial charge in [-0.15, -0.1) is 0 Å². The third-order valence-electron chi connectivity index (χ3n) is 5.81. The zero-order chi connectivity index (χ0) is 20.5. The Morgan fingerprint density at radius 1 is 1.27 bits per heavy atom. The second kappa shape index (κ2) is 7.91. The van der Waals surface area contributed by atoms with Gasteiger partial charge in [-0.25, -0.2) is 9.67 Å². The number of benzene rings is 1. The van der Waals surface area contributed by atoms with Gasteiger partial charge < -0.3 is 9.47 Å². The summed E-state index contributed by atoms with van der Waals surface area (Å²) in [6, 6.07) is 9.91. The van der Waals surface area contributed by atoms with Crippen LogP contribution in [0.1, 0.15) is 39.9 Å². The minimum Gasteiger partial charge on any atom is -0.472 e. The van der Waals surface area contributed by atoms with Gasteiger partial charge in [-0.2, -0.15) is 5.10 Å². The van der Waals surface area contributed by atoms with Crippen molar-refractivity contribution in [2.24, 2.45) is 0 Å². The molecule has 1 saturated heterocycles. The van der Waals surface area contributed by atoms with Gasteiger partial charge in [-0.1, -0.05) is 6.07 Å². The van der Waals surface area contributed by atoms with Crippen molar-refractivity contribution in [1.29, 1.82) is 0 Å². The quantitative estimate of drug-likeness (QED) is 0.668. The molecule has 1 atom stereocenters. The molecule has 0 spiro atoms. The summed E-state index contributed by atoms with van der Waals surface area (Å²) in [6.07, 6.45) is 8.09. The molecule has 7 heteroatoms. The number of pyridine rings is 1. The van der Waals surface area contributed by atoms with E-state index >= 15 is 0 Å². The number of ether oxygens (including phenoxy) is 2. The second-order valence-corrected chi connectivity index (χ2v) is 7.85. The highest BCUT2D eigenvalue weighted by atomic mass is 16.5. The lowest BCUT2D eigenvalue weighted by Crippen LogP contribution is -2.49. The highest BCUT2D eigenvalue weighted by molar-refractivity contribution is 5.98. The molecule has 154 valence electrons. The van der Waals surface area contributed by atoms with Crippen LogP contribution < -0.4 is 4.74 Å². The molecule has 1 aromatic carbocycles. The average Bonchev–Trinajstić information content (AvgIpc) is 3.31. The zero-order valence-corrected chi connectivity index (χ0v) is 17.0. The molecule has 2 aliphatic rings. The Hall–Kier alpha value is -3.19. The standard InChI is InChI=1S/C23H24N4O3/c1-16-10-21-20(23(28)26(15-30-21)19-4-2-9-29-14-19)12-18(16)11-17-5-6-22(24-13-17)27-8-3-7-25-27/h3,5-8,10,12-13,19H,2,4,9,11,14-15H2,1H3. The molecular weight excluding hydrogens is 380 g/mol. The first-order chi connectivity index (χ1) is 14.7. The summed E-state index contributed by atoms with van der Waals surface area (Å²) >= 11 is 0. The fraction of sp³-hybridized carbons (Fsp3) is 0.348. The van der Waals surface area contributed by atoms with Crippen molar-refractivity contribution in [3.8, 4) is 11.6 Å². The van der Waals surface area contributed by atoms with E-state index in [0.29, 0.717) is 24.3 Å². The summed E-state index contributed by atoms with van der Waals surface area (Å²) in [4.78, 5) is 19.5. The van der Waals surface area contributed by atoms with Gasteiger partial charge in [0.2, 0.25) is 0 Å².